The molecule has 120 valence electrons. The zero-order valence-electron chi connectivity index (χ0n) is 12.8. The number of nitrogens with one attached hydrogen (secondary N) is 2. The van der Waals surface area contributed by atoms with Crippen molar-refractivity contribution in [1.82, 2.24) is 5.32 Å². The molecule has 0 saturated heterocycles. The van der Waals surface area contributed by atoms with E-state index in [-0.39, 0.29) is 11.3 Å². The standard InChI is InChI=1S/C16H22N2O3S/c1-12(2)11-17-16(19)18-13-7-9-15(10-8-13)22(20,21)14-5-3-4-6-14/h7-10,14H,1,3-6,11H2,2H3,(H2,17,18,19). The lowest BCUT2D eigenvalue weighted by molar-refractivity contribution is 0.253. The highest BCUT2D eigenvalue weighted by atomic mass is 32.2. The molecule has 6 heteroatoms. The molecule has 1 saturated carbocycles. The lowest BCUT2D eigenvalue weighted by atomic mass is 10.3. The van der Waals surface area contributed by atoms with Crippen LogP contribution in [0, 0.1) is 0 Å². The fraction of sp³-hybridized carbons (Fsp3) is 0.438. The molecule has 0 spiro atoms. The molecule has 1 aromatic rings. The largest absolute Gasteiger partial charge is 0.334 e. The van der Waals surface area contributed by atoms with Gasteiger partial charge in [0.1, 0.15) is 0 Å². The van der Waals surface area contributed by atoms with Crippen LogP contribution in [0.4, 0.5) is 10.5 Å². The maximum absolute atomic E-state index is 12.4. The van der Waals surface area contributed by atoms with E-state index < -0.39 is 9.84 Å². The number of anilines is 1. The summed E-state index contributed by atoms with van der Waals surface area (Å²) in [7, 11) is -3.25. The van der Waals surface area contributed by atoms with E-state index in [4.69, 9.17) is 0 Å². The van der Waals surface area contributed by atoms with Crippen molar-refractivity contribution in [2.24, 2.45) is 0 Å². The molecule has 0 bridgehead atoms. The topological polar surface area (TPSA) is 75.3 Å². The van der Waals surface area contributed by atoms with Gasteiger partial charge in [0.2, 0.25) is 0 Å². The van der Waals surface area contributed by atoms with Crippen LogP contribution >= 0.6 is 0 Å². The minimum atomic E-state index is -3.25. The average molecular weight is 322 g/mol. The van der Waals surface area contributed by atoms with E-state index in [1.807, 2.05) is 6.92 Å². The highest BCUT2D eigenvalue weighted by Gasteiger charge is 2.30. The number of hydrogen-bond donors (Lipinski definition) is 2. The molecule has 2 rings (SSSR count). The minimum absolute atomic E-state index is 0.259. The molecule has 0 atom stereocenters. The number of amides is 2. The minimum Gasteiger partial charge on any atom is -0.334 e. The molecule has 2 amide bonds. The van der Waals surface area contributed by atoms with Gasteiger partial charge in [-0.15, -0.1) is 0 Å². The average Bonchev–Trinajstić information content (AvgIpc) is 3.00. The molecule has 0 aromatic heterocycles. The summed E-state index contributed by atoms with van der Waals surface area (Å²) in [6.07, 6.45) is 3.44. The van der Waals surface area contributed by atoms with Gasteiger partial charge in [-0.2, -0.15) is 0 Å². The number of hydrogen-bond acceptors (Lipinski definition) is 3. The molecular weight excluding hydrogens is 300 g/mol. The highest BCUT2D eigenvalue weighted by molar-refractivity contribution is 7.92. The zero-order chi connectivity index (χ0) is 16.2. The maximum Gasteiger partial charge on any atom is 0.319 e. The number of rotatable bonds is 5. The number of carbonyl (C=O) groups excluding carboxylic acids is 1. The third-order valence-electron chi connectivity index (χ3n) is 3.73. The molecule has 0 heterocycles. The molecule has 5 nitrogen and oxygen atoms in total. The first kappa shape index (κ1) is 16.5. The van der Waals surface area contributed by atoms with Gasteiger partial charge in [0.25, 0.3) is 0 Å². The fourth-order valence-electron chi connectivity index (χ4n) is 2.53. The van der Waals surface area contributed by atoms with E-state index in [0.717, 1.165) is 31.3 Å². The van der Waals surface area contributed by atoms with Crippen LogP contribution < -0.4 is 10.6 Å². The summed E-state index contributed by atoms with van der Waals surface area (Å²) in [6, 6.07) is 6.00. The molecule has 1 fully saturated rings. The number of carbonyl (C=O) groups is 1. The van der Waals surface area contributed by atoms with Gasteiger partial charge in [0.05, 0.1) is 10.1 Å². The van der Waals surface area contributed by atoms with E-state index in [9.17, 15) is 13.2 Å². The van der Waals surface area contributed by atoms with Crippen LogP contribution in [-0.4, -0.2) is 26.2 Å². The lowest BCUT2D eigenvalue weighted by Crippen LogP contribution is -2.29. The van der Waals surface area contributed by atoms with Crippen molar-refractivity contribution in [2.75, 3.05) is 11.9 Å². The molecule has 1 aliphatic carbocycles. The van der Waals surface area contributed by atoms with Crippen molar-refractivity contribution in [1.29, 1.82) is 0 Å². The van der Waals surface area contributed by atoms with E-state index in [0.29, 0.717) is 17.1 Å². The van der Waals surface area contributed by atoms with Crippen LogP contribution in [0.15, 0.2) is 41.3 Å². The second-order valence-electron chi connectivity index (χ2n) is 5.74. The van der Waals surface area contributed by atoms with Gasteiger partial charge in [-0.1, -0.05) is 25.0 Å². The Bertz CT molecular complexity index is 644. The number of sulfone groups is 1. The van der Waals surface area contributed by atoms with Gasteiger partial charge < -0.3 is 10.6 Å². The lowest BCUT2D eigenvalue weighted by Gasteiger charge is -2.12. The van der Waals surface area contributed by atoms with Crippen LogP contribution in [-0.2, 0) is 9.84 Å². The SMILES string of the molecule is C=C(C)CNC(=O)Nc1ccc(S(=O)(=O)C2CCCC2)cc1. The van der Waals surface area contributed by atoms with E-state index in [1.54, 1.807) is 24.3 Å². The number of benzene rings is 1. The van der Waals surface area contributed by atoms with E-state index >= 15 is 0 Å². The second-order valence-corrected chi connectivity index (χ2v) is 7.97. The number of urea groups is 1. The van der Waals surface area contributed by atoms with Gasteiger partial charge >= 0.3 is 6.03 Å². The third-order valence-corrected chi connectivity index (χ3v) is 6.01. The summed E-state index contributed by atoms with van der Waals surface area (Å²) >= 11 is 0. The first-order valence-electron chi connectivity index (χ1n) is 7.43. The van der Waals surface area contributed by atoms with Crippen LogP contribution in [0.25, 0.3) is 0 Å². The van der Waals surface area contributed by atoms with Gasteiger partial charge in [0, 0.05) is 12.2 Å². The quantitative estimate of drug-likeness (QED) is 0.818. The smallest absolute Gasteiger partial charge is 0.319 e. The Hall–Kier alpha value is -1.82. The van der Waals surface area contributed by atoms with Gasteiger partial charge in [-0.05, 0) is 44.0 Å². The summed E-state index contributed by atoms with van der Waals surface area (Å²) in [5, 5.41) is 5.05. The summed E-state index contributed by atoms with van der Waals surface area (Å²) < 4.78 is 24.9. The predicted octanol–water partition coefficient (Wildman–Crippen LogP) is 3.10. The summed E-state index contributed by atoms with van der Waals surface area (Å²) in [4.78, 5) is 12.0. The Morgan fingerprint density at radius 3 is 2.36 bits per heavy atom. The Morgan fingerprint density at radius 2 is 1.82 bits per heavy atom. The normalized spacial score (nSPS) is 15.5. The van der Waals surface area contributed by atoms with E-state index in [1.165, 1.54) is 0 Å². The van der Waals surface area contributed by atoms with Crippen molar-refractivity contribution in [3.8, 4) is 0 Å². The maximum atomic E-state index is 12.4. The van der Waals surface area contributed by atoms with Crippen molar-refractivity contribution in [2.45, 2.75) is 42.8 Å². The van der Waals surface area contributed by atoms with Crippen LogP contribution in [0.2, 0.25) is 0 Å². The monoisotopic (exact) mass is 322 g/mol. The Balaban J connectivity index is 2.01. The molecule has 0 aliphatic heterocycles. The van der Waals surface area contributed by atoms with Gasteiger partial charge in [-0.25, -0.2) is 13.2 Å². The van der Waals surface area contributed by atoms with Crippen molar-refractivity contribution in [3.63, 3.8) is 0 Å². The van der Waals surface area contributed by atoms with E-state index in [2.05, 4.69) is 17.2 Å². The third kappa shape index (κ3) is 4.10. The summed E-state index contributed by atoms with van der Waals surface area (Å²) in [5.41, 5.74) is 1.41. The molecule has 0 unspecified atom stereocenters. The molecule has 2 N–H and O–H groups in total. The molecule has 1 aromatic carbocycles. The van der Waals surface area contributed by atoms with Crippen molar-refractivity contribution < 1.29 is 13.2 Å². The molecule has 0 radical (unpaired) electrons. The van der Waals surface area contributed by atoms with Crippen LogP contribution in [0.1, 0.15) is 32.6 Å². The fourth-order valence-corrected chi connectivity index (χ4v) is 4.38. The second kappa shape index (κ2) is 6.96. The predicted molar refractivity (Wildman–Crippen MR) is 87.7 cm³/mol. The van der Waals surface area contributed by atoms with Crippen LogP contribution in [0.5, 0.6) is 0 Å². The first-order chi connectivity index (χ1) is 10.4. The summed E-state index contributed by atoms with van der Waals surface area (Å²) in [5.74, 6) is 0. The Kier molecular flexibility index (Phi) is 5.24. The van der Waals surface area contributed by atoms with Crippen molar-refractivity contribution in [3.05, 3.63) is 36.4 Å². The molecule has 1 aliphatic rings. The van der Waals surface area contributed by atoms with Gasteiger partial charge in [0.15, 0.2) is 9.84 Å². The molecular formula is C16H22N2O3S. The van der Waals surface area contributed by atoms with Crippen molar-refractivity contribution >= 4 is 21.6 Å². The first-order valence-corrected chi connectivity index (χ1v) is 8.97. The zero-order valence-corrected chi connectivity index (χ0v) is 13.6. The van der Waals surface area contributed by atoms with Gasteiger partial charge in [-0.3, -0.25) is 0 Å². The Morgan fingerprint density at radius 1 is 1.23 bits per heavy atom. The Labute approximate surface area is 131 Å². The van der Waals surface area contributed by atoms with Crippen LogP contribution in [0.3, 0.4) is 0 Å². The highest BCUT2D eigenvalue weighted by Crippen LogP contribution is 2.29. The summed E-state index contributed by atoms with van der Waals surface area (Å²) in [6.45, 7) is 5.93. The molecule has 22 heavy (non-hydrogen) atoms.